The lowest BCUT2D eigenvalue weighted by molar-refractivity contribution is -0.388. The standard InChI is InChI=1S/C10H16N4O2S/c1-13-6-11-9(14(15)16)10(13)12-7-4-3-5-8(7)17-2/h6-8,12H,3-5H2,1-2H3. The molecule has 0 amide bonds. The highest BCUT2D eigenvalue weighted by molar-refractivity contribution is 7.99. The summed E-state index contributed by atoms with van der Waals surface area (Å²) in [5.74, 6) is 0.431. The van der Waals surface area contributed by atoms with Crippen LogP contribution in [0.3, 0.4) is 0 Å². The molecule has 17 heavy (non-hydrogen) atoms. The van der Waals surface area contributed by atoms with Gasteiger partial charge in [0.05, 0.1) is 0 Å². The van der Waals surface area contributed by atoms with E-state index < -0.39 is 4.92 Å². The third kappa shape index (κ3) is 2.38. The average Bonchev–Trinajstić information content (AvgIpc) is 2.87. The molecule has 1 aliphatic carbocycles. The van der Waals surface area contributed by atoms with Crippen LogP contribution in [0.5, 0.6) is 0 Å². The van der Waals surface area contributed by atoms with Gasteiger partial charge in [0.15, 0.2) is 0 Å². The number of aromatic nitrogens is 2. The number of hydrogen-bond donors (Lipinski definition) is 1. The first kappa shape index (κ1) is 12.2. The van der Waals surface area contributed by atoms with Crippen molar-refractivity contribution in [1.82, 2.24) is 9.55 Å². The fourth-order valence-electron chi connectivity index (χ4n) is 2.27. The van der Waals surface area contributed by atoms with Crippen LogP contribution in [0.25, 0.3) is 0 Å². The maximum atomic E-state index is 10.8. The van der Waals surface area contributed by atoms with E-state index in [9.17, 15) is 10.1 Å². The van der Waals surface area contributed by atoms with Crippen molar-refractivity contribution in [2.24, 2.45) is 7.05 Å². The van der Waals surface area contributed by atoms with E-state index in [1.165, 1.54) is 19.2 Å². The van der Waals surface area contributed by atoms with Crippen LogP contribution in [0, 0.1) is 10.1 Å². The third-order valence-electron chi connectivity index (χ3n) is 3.17. The summed E-state index contributed by atoms with van der Waals surface area (Å²) in [4.78, 5) is 14.2. The normalized spacial score (nSPS) is 23.9. The van der Waals surface area contributed by atoms with Crippen molar-refractivity contribution in [3.8, 4) is 0 Å². The lowest BCUT2D eigenvalue weighted by Gasteiger charge is -2.19. The minimum atomic E-state index is -0.439. The van der Waals surface area contributed by atoms with Crippen LogP contribution in [0.1, 0.15) is 19.3 Å². The van der Waals surface area contributed by atoms with Crippen molar-refractivity contribution in [3.63, 3.8) is 0 Å². The van der Waals surface area contributed by atoms with Gasteiger partial charge in [0, 0.05) is 18.3 Å². The molecule has 0 bridgehead atoms. The Hall–Kier alpha value is -1.24. The second kappa shape index (κ2) is 4.95. The quantitative estimate of drug-likeness (QED) is 0.659. The van der Waals surface area contributed by atoms with Gasteiger partial charge in [0.25, 0.3) is 0 Å². The Morgan fingerprint density at radius 1 is 1.65 bits per heavy atom. The predicted molar refractivity (Wildman–Crippen MR) is 68.4 cm³/mol. The van der Waals surface area contributed by atoms with Gasteiger partial charge in [0.2, 0.25) is 12.1 Å². The number of imidazole rings is 1. The fraction of sp³-hybridized carbons (Fsp3) is 0.700. The Balaban J connectivity index is 2.17. The van der Waals surface area contributed by atoms with E-state index in [1.807, 2.05) is 11.8 Å². The molecule has 1 aromatic rings. The highest BCUT2D eigenvalue weighted by atomic mass is 32.2. The molecule has 7 heteroatoms. The van der Waals surface area contributed by atoms with E-state index in [4.69, 9.17) is 0 Å². The molecule has 1 fully saturated rings. The van der Waals surface area contributed by atoms with Crippen molar-refractivity contribution < 1.29 is 4.92 Å². The van der Waals surface area contributed by atoms with Gasteiger partial charge in [-0.1, -0.05) is 6.42 Å². The fourth-order valence-corrected chi connectivity index (χ4v) is 3.20. The molecule has 0 saturated heterocycles. The van der Waals surface area contributed by atoms with E-state index >= 15 is 0 Å². The lowest BCUT2D eigenvalue weighted by atomic mass is 10.2. The zero-order valence-corrected chi connectivity index (χ0v) is 10.7. The first-order valence-corrected chi connectivity index (χ1v) is 6.87. The van der Waals surface area contributed by atoms with Crippen LogP contribution < -0.4 is 5.32 Å². The van der Waals surface area contributed by atoms with Gasteiger partial charge in [-0.3, -0.25) is 4.57 Å². The van der Waals surface area contributed by atoms with Crippen molar-refractivity contribution in [1.29, 1.82) is 0 Å². The van der Waals surface area contributed by atoms with E-state index in [2.05, 4.69) is 16.6 Å². The monoisotopic (exact) mass is 256 g/mol. The summed E-state index contributed by atoms with van der Waals surface area (Å²) >= 11 is 1.82. The maximum Gasteiger partial charge on any atom is 0.406 e. The number of hydrogen-bond acceptors (Lipinski definition) is 5. The molecule has 2 rings (SSSR count). The topological polar surface area (TPSA) is 73.0 Å². The molecule has 0 aliphatic heterocycles. The van der Waals surface area contributed by atoms with Crippen molar-refractivity contribution in [2.75, 3.05) is 11.6 Å². The Kier molecular flexibility index (Phi) is 3.56. The lowest BCUT2D eigenvalue weighted by Crippen LogP contribution is -2.27. The van der Waals surface area contributed by atoms with Gasteiger partial charge >= 0.3 is 5.82 Å². The first-order chi connectivity index (χ1) is 8.13. The molecule has 6 nitrogen and oxygen atoms in total. The average molecular weight is 256 g/mol. The summed E-state index contributed by atoms with van der Waals surface area (Å²) < 4.78 is 1.67. The van der Waals surface area contributed by atoms with Gasteiger partial charge in [-0.25, -0.2) is 0 Å². The molecule has 2 unspecified atom stereocenters. The number of nitro groups is 1. The summed E-state index contributed by atoms with van der Waals surface area (Å²) in [7, 11) is 1.77. The van der Waals surface area contributed by atoms with E-state index in [-0.39, 0.29) is 5.82 Å². The number of anilines is 1. The molecule has 94 valence electrons. The number of nitrogens with zero attached hydrogens (tertiary/aromatic N) is 3. The van der Waals surface area contributed by atoms with Crippen LogP contribution in [0.4, 0.5) is 11.6 Å². The van der Waals surface area contributed by atoms with E-state index in [1.54, 1.807) is 11.6 Å². The summed E-state index contributed by atoms with van der Waals surface area (Å²) in [5, 5.41) is 14.7. The summed E-state index contributed by atoms with van der Waals surface area (Å²) in [6.45, 7) is 0. The molecule has 1 aromatic heterocycles. The first-order valence-electron chi connectivity index (χ1n) is 5.58. The Morgan fingerprint density at radius 3 is 3.06 bits per heavy atom. The Labute approximate surface area is 104 Å². The smallest absolute Gasteiger partial charge is 0.360 e. The van der Waals surface area contributed by atoms with Crippen LogP contribution in [-0.2, 0) is 7.05 Å². The van der Waals surface area contributed by atoms with Gasteiger partial charge in [0.1, 0.15) is 0 Å². The van der Waals surface area contributed by atoms with Gasteiger partial charge in [-0.2, -0.15) is 11.8 Å². The molecule has 0 spiro atoms. The van der Waals surface area contributed by atoms with Gasteiger partial charge in [-0.15, -0.1) is 0 Å². The van der Waals surface area contributed by atoms with Crippen molar-refractivity contribution >= 4 is 23.4 Å². The SMILES string of the molecule is CSC1CCCC1Nc1c([N+](=O)[O-])ncn1C. The molecule has 1 saturated carbocycles. The summed E-state index contributed by atoms with van der Waals surface area (Å²) in [6, 6.07) is 0.305. The minimum Gasteiger partial charge on any atom is -0.360 e. The van der Waals surface area contributed by atoms with Crippen LogP contribution in [-0.4, -0.2) is 32.0 Å². The third-order valence-corrected chi connectivity index (χ3v) is 4.34. The van der Waals surface area contributed by atoms with E-state index in [0.29, 0.717) is 17.1 Å². The van der Waals surface area contributed by atoms with Crippen LogP contribution >= 0.6 is 11.8 Å². The largest absolute Gasteiger partial charge is 0.406 e. The molecular weight excluding hydrogens is 240 g/mol. The van der Waals surface area contributed by atoms with Crippen LogP contribution in [0.15, 0.2) is 6.33 Å². The molecule has 1 N–H and O–H groups in total. The predicted octanol–water partition coefficient (Wildman–Crippen LogP) is 2.02. The molecule has 0 aromatic carbocycles. The highest BCUT2D eigenvalue weighted by Gasteiger charge is 2.30. The van der Waals surface area contributed by atoms with E-state index in [0.717, 1.165) is 6.42 Å². The molecule has 1 heterocycles. The molecule has 2 atom stereocenters. The zero-order chi connectivity index (χ0) is 12.4. The van der Waals surface area contributed by atoms with Crippen molar-refractivity contribution in [3.05, 3.63) is 16.4 Å². The summed E-state index contributed by atoms with van der Waals surface area (Å²) in [6.07, 6.45) is 6.97. The number of aryl methyl sites for hydroxylation is 1. The second-order valence-corrected chi connectivity index (χ2v) is 5.32. The Bertz CT molecular complexity index is 420. The molecule has 1 aliphatic rings. The zero-order valence-electron chi connectivity index (χ0n) is 9.92. The summed E-state index contributed by atoms with van der Waals surface area (Å²) in [5.41, 5.74) is 0. The molecular formula is C10H16N4O2S. The molecule has 0 radical (unpaired) electrons. The number of rotatable bonds is 4. The Morgan fingerprint density at radius 2 is 2.41 bits per heavy atom. The van der Waals surface area contributed by atoms with Gasteiger partial charge in [-0.05, 0) is 29.0 Å². The number of nitrogens with one attached hydrogen (secondary N) is 1. The number of thioether (sulfide) groups is 1. The van der Waals surface area contributed by atoms with Gasteiger partial charge < -0.3 is 15.4 Å². The van der Waals surface area contributed by atoms with Crippen molar-refractivity contribution in [2.45, 2.75) is 30.6 Å². The second-order valence-electron chi connectivity index (χ2n) is 4.24. The minimum absolute atomic E-state index is 0.0840. The van der Waals surface area contributed by atoms with Crippen LogP contribution in [0.2, 0.25) is 0 Å². The highest BCUT2D eigenvalue weighted by Crippen LogP contribution is 2.32. The maximum absolute atomic E-state index is 10.8.